The molecule has 0 spiro atoms. The fourth-order valence-corrected chi connectivity index (χ4v) is 2.55. The molecular formula is C17H15N3O3. The van der Waals surface area contributed by atoms with Crippen molar-refractivity contribution >= 4 is 11.6 Å². The molecule has 0 aliphatic carbocycles. The van der Waals surface area contributed by atoms with E-state index in [2.05, 4.69) is 10.3 Å². The molecule has 0 bridgehead atoms. The van der Waals surface area contributed by atoms with Gasteiger partial charge >= 0.3 is 0 Å². The average Bonchev–Trinajstić information content (AvgIpc) is 3.17. The minimum Gasteiger partial charge on any atom is -0.454 e. The molecule has 0 fully saturated rings. The summed E-state index contributed by atoms with van der Waals surface area (Å²) in [7, 11) is 0. The van der Waals surface area contributed by atoms with E-state index in [0.29, 0.717) is 23.6 Å². The van der Waals surface area contributed by atoms with E-state index in [4.69, 9.17) is 9.47 Å². The number of nitrogens with zero attached hydrogens (tertiary/aromatic N) is 2. The summed E-state index contributed by atoms with van der Waals surface area (Å²) >= 11 is 0. The van der Waals surface area contributed by atoms with Crippen LogP contribution < -0.4 is 14.8 Å². The van der Waals surface area contributed by atoms with Crippen molar-refractivity contribution in [2.24, 2.45) is 0 Å². The fourth-order valence-electron chi connectivity index (χ4n) is 2.55. The van der Waals surface area contributed by atoms with E-state index < -0.39 is 0 Å². The lowest BCUT2D eigenvalue weighted by Gasteiger charge is -2.04. The number of aromatic nitrogens is 2. The lowest BCUT2D eigenvalue weighted by molar-refractivity contribution is 0.0950. The second-order valence-corrected chi connectivity index (χ2v) is 5.45. The van der Waals surface area contributed by atoms with Crippen LogP contribution in [0.25, 0.3) is 5.65 Å². The van der Waals surface area contributed by atoms with Crippen LogP contribution in [0, 0.1) is 6.92 Å². The van der Waals surface area contributed by atoms with Crippen molar-refractivity contribution in [2.75, 3.05) is 6.79 Å². The van der Waals surface area contributed by atoms with Crippen LogP contribution in [-0.2, 0) is 6.54 Å². The molecule has 1 aromatic carbocycles. The second-order valence-electron chi connectivity index (χ2n) is 5.45. The van der Waals surface area contributed by atoms with Gasteiger partial charge in [0.05, 0.1) is 12.2 Å². The SMILES string of the molecule is Cc1ccc2nc(CNC(=O)c3ccc4c(c3)OCO4)cn2c1. The van der Waals surface area contributed by atoms with E-state index in [1.165, 1.54) is 0 Å². The summed E-state index contributed by atoms with van der Waals surface area (Å²) in [5, 5.41) is 2.87. The third-order valence-corrected chi connectivity index (χ3v) is 3.71. The van der Waals surface area contributed by atoms with Crippen LogP contribution in [-0.4, -0.2) is 22.1 Å². The minimum atomic E-state index is -0.170. The first-order chi connectivity index (χ1) is 11.2. The molecule has 116 valence electrons. The second kappa shape index (κ2) is 5.31. The molecule has 1 amide bonds. The zero-order valence-corrected chi connectivity index (χ0v) is 12.6. The molecule has 0 radical (unpaired) electrons. The topological polar surface area (TPSA) is 64.9 Å². The molecule has 3 heterocycles. The quantitative estimate of drug-likeness (QED) is 0.806. The summed E-state index contributed by atoms with van der Waals surface area (Å²) in [6.45, 7) is 2.59. The Bertz CT molecular complexity index is 901. The van der Waals surface area contributed by atoms with E-state index in [-0.39, 0.29) is 12.7 Å². The molecule has 3 aromatic rings. The first kappa shape index (κ1) is 13.6. The third kappa shape index (κ3) is 2.59. The number of rotatable bonds is 3. The Hall–Kier alpha value is -3.02. The Balaban J connectivity index is 1.48. The summed E-state index contributed by atoms with van der Waals surface area (Å²) < 4.78 is 12.5. The standard InChI is InChI=1S/C17H15N3O3/c1-11-2-5-16-19-13(9-20(16)8-11)7-18-17(21)12-3-4-14-15(6-12)23-10-22-14/h2-6,8-9H,7,10H2,1H3,(H,18,21). The van der Waals surface area contributed by atoms with Crippen molar-refractivity contribution in [3.63, 3.8) is 0 Å². The van der Waals surface area contributed by atoms with Crippen LogP contribution in [0.5, 0.6) is 11.5 Å². The maximum Gasteiger partial charge on any atom is 0.251 e. The molecule has 1 N–H and O–H groups in total. The first-order valence-electron chi connectivity index (χ1n) is 7.31. The number of aryl methyl sites for hydroxylation is 1. The molecule has 23 heavy (non-hydrogen) atoms. The Labute approximate surface area is 132 Å². The summed E-state index contributed by atoms with van der Waals surface area (Å²) in [6, 6.07) is 9.11. The molecule has 0 saturated heterocycles. The smallest absolute Gasteiger partial charge is 0.251 e. The van der Waals surface area contributed by atoms with Crippen molar-refractivity contribution in [1.82, 2.24) is 14.7 Å². The highest BCUT2D eigenvalue weighted by Crippen LogP contribution is 2.32. The molecule has 6 heteroatoms. The van der Waals surface area contributed by atoms with Crippen LogP contribution in [0.2, 0.25) is 0 Å². The van der Waals surface area contributed by atoms with Crippen LogP contribution in [0.1, 0.15) is 21.6 Å². The van der Waals surface area contributed by atoms with Gasteiger partial charge in [-0.05, 0) is 36.8 Å². The third-order valence-electron chi connectivity index (χ3n) is 3.71. The predicted molar refractivity (Wildman–Crippen MR) is 83.7 cm³/mol. The molecule has 1 aliphatic rings. The summed E-state index contributed by atoms with van der Waals surface area (Å²) in [5.74, 6) is 1.09. The highest BCUT2D eigenvalue weighted by molar-refractivity contribution is 5.94. The monoisotopic (exact) mass is 309 g/mol. The maximum atomic E-state index is 12.2. The Morgan fingerprint density at radius 3 is 3.00 bits per heavy atom. The van der Waals surface area contributed by atoms with E-state index in [1.54, 1.807) is 18.2 Å². The number of nitrogens with one attached hydrogen (secondary N) is 1. The number of fused-ring (bicyclic) bond motifs is 2. The number of benzene rings is 1. The van der Waals surface area contributed by atoms with Gasteiger partial charge in [-0.1, -0.05) is 6.07 Å². The number of imidazole rings is 1. The Kier molecular flexibility index (Phi) is 3.15. The lowest BCUT2D eigenvalue weighted by Crippen LogP contribution is -2.22. The molecule has 0 unspecified atom stereocenters. The molecular weight excluding hydrogens is 294 g/mol. The summed E-state index contributed by atoms with van der Waals surface area (Å²) in [6.07, 6.45) is 3.92. The number of carbonyl (C=O) groups excluding carboxylic acids is 1. The number of ether oxygens (including phenoxy) is 2. The van der Waals surface area contributed by atoms with Gasteiger partial charge in [-0.15, -0.1) is 0 Å². The lowest BCUT2D eigenvalue weighted by atomic mass is 10.2. The zero-order valence-electron chi connectivity index (χ0n) is 12.6. The Morgan fingerprint density at radius 1 is 1.22 bits per heavy atom. The molecule has 1 aliphatic heterocycles. The van der Waals surface area contributed by atoms with Crippen molar-refractivity contribution in [3.8, 4) is 11.5 Å². The van der Waals surface area contributed by atoms with Crippen LogP contribution in [0.3, 0.4) is 0 Å². The van der Waals surface area contributed by atoms with Crippen LogP contribution >= 0.6 is 0 Å². The molecule has 0 atom stereocenters. The van der Waals surface area contributed by atoms with Gasteiger partial charge in [0.1, 0.15) is 5.65 Å². The van der Waals surface area contributed by atoms with Gasteiger partial charge in [-0.2, -0.15) is 0 Å². The van der Waals surface area contributed by atoms with Crippen molar-refractivity contribution in [2.45, 2.75) is 13.5 Å². The van der Waals surface area contributed by atoms with Gasteiger partial charge in [0.2, 0.25) is 6.79 Å². The predicted octanol–water partition coefficient (Wildman–Crippen LogP) is 2.30. The average molecular weight is 309 g/mol. The van der Waals surface area contributed by atoms with Crippen molar-refractivity contribution < 1.29 is 14.3 Å². The van der Waals surface area contributed by atoms with E-state index >= 15 is 0 Å². The maximum absolute atomic E-state index is 12.2. The number of carbonyl (C=O) groups is 1. The Morgan fingerprint density at radius 2 is 2.09 bits per heavy atom. The normalized spacial score (nSPS) is 12.6. The van der Waals surface area contributed by atoms with Gasteiger partial charge in [-0.25, -0.2) is 4.98 Å². The van der Waals surface area contributed by atoms with E-state index in [0.717, 1.165) is 16.9 Å². The van der Waals surface area contributed by atoms with E-state index in [9.17, 15) is 4.79 Å². The van der Waals surface area contributed by atoms with Gasteiger partial charge in [-0.3, -0.25) is 4.79 Å². The van der Waals surface area contributed by atoms with Gasteiger partial charge < -0.3 is 19.2 Å². The summed E-state index contributed by atoms with van der Waals surface area (Å²) in [5.41, 5.74) is 3.37. The minimum absolute atomic E-state index is 0.170. The number of hydrogen-bond acceptors (Lipinski definition) is 4. The highest BCUT2D eigenvalue weighted by Gasteiger charge is 2.16. The van der Waals surface area contributed by atoms with Crippen molar-refractivity contribution in [3.05, 3.63) is 59.5 Å². The number of amides is 1. The molecule has 6 nitrogen and oxygen atoms in total. The number of pyridine rings is 1. The van der Waals surface area contributed by atoms with E-state index in [1.807, 2.05) is 35.9 Å². The summed E-state index contributed by atoms with van der Waals surface area (Å²) in [4.78, 5) is 16.7. The van der Waals surface area contributed by atoms with Crippen LogP contribution in [0.4, 0.5) is 0 Å². The van der Waals surface area contributed by atoms with Crippen molar-refractivity contribution in [1.29, 1.82) is 0 Å². The largest absolute Gasteiger partial charge is 0.454 e. The number of hydrogen-bond donors (Lipinski definition) is 1. The van der Waals surface area contributed by atoms with Gasteiger partial charge in [0.25, 0.3) is 5.91 Å². The fraction of sp³-hybridized carbons (Fsp3) is 0.176. The molecule has 2 aromatic heterocycles. The van der Waals surface area contributed by atoms with Gasteiger partial charge in [0, 0.05) is 18.0 Å². The molecule has 4 rings (SSSR count). The first-order valence-corrected chi connectivity index (χ1v) is 7.31. The molecule has 0 saturated carbocycles. The van der Waals surface area contributed by atoms with Gasteiger partial charge in [0.15, 0.2) is 11.5 Å². The highest BCUT2D eigenvalue weighted by atomic mass is 16.7. The van der Waals surface area contributed by atoms with Crippen LogP contribution in [0.15, 0.2) is 42.7 Å². The zero-order chi connectivity index (χ0) is 15.8.